The van der Waals surface area contributed by atoms with Crippen LogP contribution in [0.2, 0.25) is 0 Å². The van der Waals surface area contributed by atoms with Gasteiger partial charge in [-0.15, -0.1) is 0 Å². The van der Waals surface area contributed by atoms with Crippen molar-refractivity contribution < 1.29 is 14.3 Å². The van der Waals surface area contributed by atoms with Crippen molar-refractivity contribution >= 4 is 5.91 Å². The van der Waals surface area contributed by atoms with Crippen LogP contribution in [0.3, 0.4) is 0 Å². The lowest BCUT2D eigenvalue weighted by atomic mass is 10.3. The van der Waals surface area contributed by atoms with Crippen molar-refractivity contribution in [2.75, 3.05) is 26.8 Å². The molecule has 0 saturated heterocycles. The van der Waals surface area contributed by atoms with Crippen molar-refractivity contribution in [3.05, 3.63) is 24.0 Å². The van der Waals surface area contributed by atoms with E-state index in [0.29, 0.717) is 25.4 Å². The average molecular weight is 281 g/mol. The predicted octanol–water partition coefficient (Wildman–Crippen LogP) is 0.721. The number of carbonyl (C=O) groups is 1. The average Bonchev–Trinajstić information content (AvgIpc) is 2.45. The summed E-state index contributed by atoms with van der Waals surface area (Å²) in [4.78, 5) is 15.8. The highest BCUT2D eigenvalue weighted by atomic mass is 16.5. The number of hydrogen-bond donors (Lipinski definition) is 2. The molecule has 1 rings (SSSR count). The van der Waals surface area contributed by atoms with E-state index in [4.69, 9.17) is 9.47 Å². The first kappa shape index (κ1) is 16.4. The highest BCUT2D eigenvalue weighted by Gasteiger charge is 2.13. The van der Waals surface area contributed by atoms with Crippen molar-refractivity contribution in [1.29, 1.82) is 0 Å². The molecule has 1 amide bonds. The summed E-state index contributed by atoms with van der Waals surface area (Å²) in [6, 6.07) is 3.69. The van der Waals surface area contributed by atoms with Crippen LogP contribution in [0.5, 0.6) is 5.75 Å². The number of rotatable bonds is 9. The maximum atomic E-state index is 11.5. The lowest BCUT2D eigenvalue weighted by molar-refractivity contribution is -0.127. The zero-order valence-electron chi connectivity index (χ0n) is 12.3. The van der Waals surface area contributed by atoms with Crippen molar-refractivity contribution in [3.8, 4) is 5.75 Å². The van der Waals surface area contributed by atoms with Gasteiger partial charge < -0.3 is 20.1 Å². The third-order valence-electron chi connectivity index (χ3n) is 2.62. The Morgan fingerprint density at radius 2 is 2.25 bits per heavy atom. The number of amides is 1. The maximum Gasteiger partial charge on any atom is 0.260 e. The smallest absolute Gasteiger partial charge is 0.260 e. The minimum atomic E-state index is -0.526. The lowest BCUT2D eigenvalue weighted by Gasteiger charge is -2.14. The Hall–Kier alpha value is -1.66. The van der Waals surface area contributed by atoms with Gasteiger partial charge in [0, 0.05) is 26.7 Å². The zero-order valence-corrected chi connectivity index (χ0v) is 12.3. The van der Waals surface area contributed by atoms with Crippen LogP contribution in [-0.2, 0) is 16.1 Å². The van der Waals surface area contributed by atoms with E-state index in [0.717, 1.165) is 12.2 Å². The number of pyridine rings is 1. The molecule has 0 aliphatic rings. The van der Waals surface area contributed by atoms with Gasteiger partial charge in [-0.25, -0.2) is 0 Å². The van der Waals surface area contributed by atoms with E-state index < -0.39 is 6.10 Å². The van der Waals surface area contributed by atoms with Crippen LogP contribution in [0.1, 0.15) is 19.5 Å². The normalized spacial score (nSPS) is 11.9. The standard InChI is InChI=1S/C14H23N3O3/c1-4-16-14(18)11(2)20-13-6-5-12(17-10-13)9-15-7-8-19-3/h5-6,10-11,15H,4,7-9H2,1-3H3,(H,16,18). The summed E-state index contributed by atoms with van der Waals surface area (Å²) in [5, 5.41) is 5.92. The van der Waals surface area contributed by atoms with Crippen LogP contribution in [0, 0.1) is 0 Å². The maximum absolute atomic E-state index is 11.5. The first-order chi connectivity index (χ1) is 9.67. The molecule has 1 atom stereocenters. The molecule has 6 nitrogen and oxygen atoms in total. The first-order valence-corrected chi connectivity index (χ1v) is 6.76. The van der Waals surface area contributed by atoms with Gasteiger partial charge >= 0.3 is 0 Å². The van der Waals surface area contributed by atoms with Crippen LogP contribution in [0.25, 0.3) is 0 Å². The number of aromatic nitrogens is 1. The third-order valence-corrected chi connectivity index (χ3v) is 2.62. The Kier molecular flexibility index (Phi) is 7.60. The fraction of sp³-hybridized carbons (Fsp3) is 0.571. The third kappa shape index (κ3) is 5.99. The lowest BCUT2D eigenvalue weighted by Crippen LogP contribution is -2.36. The minimum absolute atomic E-state index is 0.127. The SMILES string of the molecule is CCNC(=O)C(C)Oc1ccc(CNCCOC)nc1. The molecule has 0 spiro atoms. The predicted molar refractivity (Wildman–Crippen MR) is 76.6 cm³/mol. The molecule has 0 bridgehead atoms. The molecule has 0 saturated carbocycles. The molecule has 0 radical (unpaired) electrons. The summed E-state index contributed by atoms with van der Waals surface area (Å²) in [5.41, 5.74) is 0.916. The van der Waals surface area contributed by atoms with Gasteiger partial charge in [-0.3, -0.25) is 9.78 Å². The Morgan fingerprint density at radius 3 is 2.85 bits per heavy atom. The molecule has 0 fully saturated rings. The van der Waals surface area contributed by atoms with Gasteiger partial charge in [0.2, 0.25) is 0 Å². The Morgan fingerprint density at radius 1 is 1.45 bits per heavy atom. The molecule has 1 aromatic rings. The van der Waals surface area contributed by atoms with Crippen molar-refractivity contribution in [3.63, 3.8) is 0 Å². The van der Waals surface area contributed by atoms with E-state index in [9.17, 15) is 4.79 Å². The summed E-state index contributed by atoms with van der Waals surface area (Å²) in [7, 11) is 1.67. The van der Waals surface area contributed by atoms with E-state index >= 15 is 0 Å². The quantitative estimate of drug-likeness (QED) is 0.653. The van der Waals surface area contributed by atoms with Gasteiger partial charge in [0.15, 0.2) is 6.10 Å². The largest absolute Gasteiger partial charge is 0.479 e. The summed E-state index contributed by atoms with van der Waals surface area (Å²) in [6.07, 6.45) is 1.10. The minimum Gasteiger partial charge on any atom is -0.479 e. The van der Waals surface area contributed by atoms with Crippen molar-refractivity contribution in [2.45, 2.75) is 26.5 Å². The van der Waals surface area contributed by atoms with E-state index in [-0.39, 0.29) is 5.91 Å². The second-order valence-corrected chi connectivity index (χ2v) is 4.31. The molecule has 6 heteroatoms. The highest BCUT2D eigenvalue weighted by Crippen LogP contribution is 2.11. The summed E-state index contributed by atoms with van der Waals surface area (Å²) < 4.78 is 10.5. The summed E-state index contributed by atoms with van der Waals surface area (Å²) in [5.74, 6) is 0.460. The number of likely N-dealkylation sites (N-methyl/N-ethyl adjacent to an activating group) is 1. The Bertz CT molecular complexity index is 395. The van der Waals surface area contributed by atoms with Crippen LogP contribution in [0.15, 0.2) is 18.3 Å². The summed E-state index contributed by atoms with van der Waals surface area (Å²) >= 11 is 0. The van der Waals surface area contributed by atoms with Crippen LogP contribution < -0.4 is 15.4 Å². The van der Waals surface area contributed by atoms with E-state index in [1.807, 2.05) is 19.1 Å². The second kappa shape index (κ2) is 9.28. The van der Waals surface area contributed by atoms with E-state index in [1.54, 1.807) is 20.2 Å². The van der Waals surface area contributed by atoms with Gasteiger partial charge in [-0.2, -0.15) is 0 Å². The Balaban J connectivity index is 2.40. The number of carbonyl (C=O) groups excluding carboxylic acids is 1. The molecule has 1 heterocycles. The Labute approximate surface area is 119 Å². The molecule has 20 heavy (non-hydrogen) atoms. The number of nitrogens with one attached hydrogen (secondary N) is 2. The van der Waals surface area contributed by atoms with Gasteiger partial charge in [-0.05, 0) is 26.0 Å². The number of nitrogens with zero attached hydrogens (tertiary/aromatic N) is 1. The first-order valence-electron chi connectivity index (χ1n) is 6.76. The van der Waals surface area contributed by atoms with Crippen LogP contribution in [-0.4, -0.2) is 43.8 Å². The van der Waals surface area contributed by atoms with Crippen molar-refractivity contribution in [2.24, 2.45) is 0 Å². The summed E-state index contributed by atoms with van der Waals surface area (Å²) in [6.45, 7) is 6.31. The monoisotopic (exact) mass is 281 g/mol. The van der Waals surface area contributed by atoms with Gasteiger partial charge in [0.1, 0.15) is 5.75 Å². The molecule has 0 aliphatic carbocycles. The van der Waals surface area contributed by atoms with E-state index in [1.165, 1.54) is 0 Å². The number of hydrogen-bond acceptors (Lipinski definition) is 5. The molecular weight excluding hydrogens is 258 g/mol. The molecular formula is C14H23N3O3. The number of methoxy groups -OCH3 is 1. The fourth-order valence-corrected chi connectivity index (χ4v) is 1.55. The zero-order chi connectivity index (χ0) is 14.8. The highest BCUT2D eigenvalue weighted by molar-refractivity contribution is 5.80. The fourth-order valence-electron chi connectivity index (χ4n) is 1.55. The molecule has 1 aromatic heterocycles. The molecule has 0 aliphatic heterocycles. The second-order valence-electron chi connectivity index (χ2n) is 4.31. The van der Waals surface area contributed by atoms with Crippen LogP contribution >= 0.6 is 0 Å². The molecule has 112 valence electrons. The molecule has 2 N–H and O–H groups in total. The van der Waals surface area contributed by atoms with Crippen LogP contribution in [0.4, 0.5) is 0 Å². The van der Waals surface area contributed by atoms with E-state index in [2.05, 4.69) is 15.6 Å². The van der Waals surface area contributed by atoms with Crippen molar-refractivity contribution in [1.82, 2.24) is 15.6 Å². The van der Waals surface area contributed by atoms with Gasteiger partial charge in [0.25, 0.3) is 5.91 Å². The number of ether oxygens (including phenoxy) is 2. The van der Waals surface area contributed by atoms with Gasteiger partial charge in [-0.1, -0.05) is 0 Å². The topological polar surface area (TPSA) is 72.5 Å². The van der Waals surface area contributed by atoms with Gasteiger partial charge in [0.05, 0.1) is 18.5 Å². The molecule has 1 unspecified atom stereocenters. The molecule has 0 aromatic carbocycles.